The van der Waals surface area contributed by atoms with Gasteiger partial charge in [-0.1, -0.05) is 25.7 Å². The maximum Gasteiger partial charge on any atom is 0.339 e. The van der Waals surface area contributed by atoms with Crippen molar-refractivity contribution in [3.63, 3.8) is 0 Å². The minimum atomic E-state index is -1.66. The highest BCUT2D eigenvalue weighted by Gasteiger charge is 2.49. The maximum absolute atomic E-state index is 11.5. The zero-order chi connectivity index (χ0) is 12.4. The van der Waals surface area contributed by atoms with Crippen molar-refractivity contribution in [2.75, 3.05) is 12.5 Å². The summed E-state index contributed by atoms with van der Waals surface area (Å²) in [4.78, 5) is 11.5. The van der Waals surface area contributed by atoms with Gasteiger partial charge in [0.05, 0.1) is 14.7 Å². The molecule has 1 aliphatic rings. The molecule has 0 bridgehead atoms. The number of carbonyl (C=O) groups is 1. The fourth-order valence-electron chi connectivity index (χ4n) is 2.23. The number of carboxylic acid groups (broad SMARTS) is 1. The van der Waals surface area contributed by atoms with E-state index in [0.29, 0.717) is 25.3 Å². The molecule has 16 heavy (non-hydrogen) atoms. The molecule has 0 aromatic heterocycles. The minimum absolute atomic E-state index is 0.411. The molecule has 1 rings (SSSR count). The zero-order valence-electron chi connectivity index (χ0n) is 10.0. The van der Waals surface area contributed by atoms with Crippen LogP contribution in [0.1, 0.15) is 12.8 Å². The number of carboxylic acids is 1. The highest BCUT2D eigenvalue weighted by Crippen LogP contribution is 2.38. The lowest BCUT2D eigenvalue weighted by atomic mass is 9.98. The molecule has 0 amide bonds. The van der Waals surface area contributed by atoms with Crippen LogP contribution in [0, 0.1) is 0 Å². The Morgan fingerprint density at radius 3 is 2.69 bits per heavy atom. The fraction of sp³-hybridized carbons (Fsp3) is 0.727. The molecule has 0 saturated carbocycles. The van der Waals surface area contributed by atoms with Crippen LogP contribution in [0.25, 0.3) is 0 Å². The van der Waals surface area contributed by atoms with Crippen LogP contribution in [0.15, 0.2) is 11.3 Å². The molecule has 5 heteroatoms. The topological polar surface area (TPSA) is 46.5 Å². The first-order chi connectivity index (χ1) is 7.34. The summed E-state index contributed by atoms with van der Waals surface area (Å²) >= 11 is 5.65. The predicted molar refractivity (Wildman–Crippen MR) is 67.7 cm³/mol. The Labute approximate surface area is 102 Å². The monoisotopic (exact) mass is 262 g/mol. The minimum Gasteiger partial charge on any atom is -0.479 e. The highest BCUT2D eigenvalue weighted by atomic mass is 35.5. The largest absolute Gasteiger partial charge is 0.479 e. The third kappa shape index (κ3) is 2.50. The summed E-state index contributed by atoms with van der Waals surface area (Å²) in [6.07, 6.45) is 3.09. The summed E-state index contributed by atoms with van der Waals surface area (Å²) in [5, 5.41) is 10.4. The average molecular weight is 263 g/mol. The predicted octanol–water partition coefficient (Wildman–Crippen LogP) is 2.66. The molecule has 0 aromatic carbocycles. The van der Waals surface area contributed by atoms with E-state index in [1.165, 1.54) is 0 Å². The van der Waals surface area contributed by atoms with Crippen LogP contribution in [0.4, 0.5) is 0 Å². The number of aliphatic carboxylic acids is 1. The van der Waals surface area contributed by atoms with E-state index in [1.807, 2.05) is 6.08 Å². The van der Waals surface area contributed by atoms with Gasteiger partial charge in [-0.15, -0.1) is 11.6 Å². The summed E-state index contributed by atoms with van der Waals surface area (Å²) in [7, 11) is -1.66. The van der Waals surface area contributed by atoms with Crippen LogP contribution < -0.4 is 0 Å². The second kappa shape index (κ2) is 4.90. The van der Waals surface area contributed by atoms with E-state index >= 15 is 0 Å². The van der Waals surface area contributed by atoms with Gasteiger partial charge in [-0.3, -0.25) is 0 Å². The van der Waals surface area contributed by atoms with Crippen molar-refractivity contribution >= 4 is 25.6 Å². The van der Waals surface area contributed by atoms with Crippen LogP contribution in [0.5, 0.6) is 0 Å². The normalized spacial score (nSPS) is 25.6. The second-order valence-electron chi connectivity index (χ2n) is 5.10. The number of halogens is 1. The van der Waals surface area contributed by atoms with E-state index in [4.69, 9.17) is 16.3 Å². The van der Waals surface area contributed by atoms with E-state index < -0.39 is 19.6 Å². The first-order valence-corrected chi connectivity index (χ1v) is 9.52. The standard InChI is InChI=1S/C11H19ClO3Si/c1-16(2,3)9-5-8-15-11(9,10(13)14)6-4-7-12/h5H,4,6-8H2,1-3H3,(H,13,14). The Kier molecular flexibility index (Phi) is 4.21. The van der Waals surface area contributed by atoms with Crippen molar-refractivity contribution in [2.45, 2.75) is 38.1 Å². The molecule has 92 valence electrons. The summed E-state index contributed by atoms with van der Waals surface area (Å²) in [6.45, 7) is 6.85. The van der Waals surface area contributed by atoms with Crippen LogP contribution >= 0.6 is 11.6 Å². The van der Waals surface area contributed by atoms with E-state index in [2.05, 4.69) is 19.6 Å². The van der Waals surface area contributed by atoms with Crippen molar-refractivity contribution in [1.82, 2.24) is 0 Å². The van der Waals surface area contributed by atoms with Crippen molar-refractivity contribution in [1.29, 1.82) is 0 Å². The van der Waals surface area contributed by atoms with E-state index in [9.17, 15) is 9.90 Å². The average Bonchev–Trinajstić information content (AvgIpc) is 2.58. The lowest BCUT2D eigenvalue weighted by Gasteiger charge is -2.33. The third-order valence-electron chi connectivity index (χ3n) is 2.87. The molecule has 0 aromatic rings. The van der Waals surface area contributed by atoms with Gasteiger partial charge < -0.3 is 9.84 Å². The number of rotatable bonds is 5. The Morgan fingerprint density at radius 2 is 2.25 bits per heavy atom. The van der Waals surface area contributed by atoms with Crippen molar-refractivity contribution < 1.29 is 14.6 Å². The van der Waals surface area contributed by atoms with Crippen LogP contribution in [0.2, 0.25) is 19.6 Å². The Morgan fingerprint density at radius 1 is 1.62 bits per heavy atom. The molecular weight excluding hydrogens is 244 g/mol. The Hall–Kier alpha value is -0.323. The number of alkyl halides is 1. The second-order valence-corrected chi connectivity index (χ2v) is 10.5. The molecule has 1 heterocycles. The van der Waals surface area contributed by atoms with Gasteiger partial charge in [-0.05, 0) is 18.0 Å². The van der Waals surface area contributed by atoms with Crippen LogP contribution in [-0.2, 0) is 9.53 Å². The van der Waals surface area contributed by atoms with Gasteiger partial charge in [-0.25, -0.2) is 4.79 Å². The lowest BCUT2D eigenvalue weighted by Crippen LogP contribution is -2.48. The van der Waals surface area contributed by atoms with Crippen molar-refractivity contribution in [3.8, 4) is 0 Å². The van der Waals surface area contributed by atoms with Gasteiger partial charge in [-0.2, -0.15) is 0 Å². The fourth-order valence-corrected chi connectivity index (χ4v) is 4.57. The summed E-state index contributed by atoms with van der Waals surface area (Å²) in [5.74, 6) is -0.402. The molecule has 1 atom stereocenters. The van der Waals surface area contributed by atoms with E-state index in [1.54, 1.807) is 0 Å². The molecule has 1 unspecified atom stereocenters. The lowest BCUT2D eigenvalue weighted by molar-refractivity contribution is -0.157. The summed E-state index contributed by atoms with van der Waals surface area (Å²) < 4.78 is 5.53. The molecule has 0 spiro atoms. The number of hydrogen-bond acceptors (Lipinski definition) is 2. The molecule has 0 fully saturated rings. The molecule has 0 radical (unpaired) electrons. The zero-order valence-corrected chi connectivity index (χ0v) is 11.8. The first-order valence-electron chi connectivity index (χ1n) is 5.49. The molecule has 0 saturated heterocycles. The Bertz CT molecular complexity index is 309. The maximum atomic E-state index is 11.5. The molecule has 1 N–H and O–H groups in total. The smallest absolute Gasteiger partial charge is 0.339 e. The van der Waals surface area contributed by atoms with Gasteiger partial charge in [0.2, 0.25) is 0 Å². The number of ether oxygens (including phenoxy) is 1. The van der Waals surface area contributed by atoms with Gasteiger partial charge in [0.1, 0.15) is 0 Å². The van der Waals surface area contributed by atoms with E-state index in [0.717, 1.165) is 5.20 Å². The summed E-state index contributed by atoms with van der Waals surface area (Å²) in [5.41, 5.74) is -1.10. The van der Waals surface area contributed by atoms with Crippen LogP contribution in [-0.4, -0.2) is 37.2 Å². The van der Waals surface area contributed by atoms with Gasteiger partial charge in [0, 0.05) is 5.88 Å². The quantitative estimate of drug-likeness (QED) is 0.612. The van der Waals surface area contributed by atoms with Gasteiger partial charge in [0.25, 0.3) is 0 Å². The van der Waals surface area contributed by atoms with Crippen molar-refractivity contribution in [3.05, 3.63) is 11.3 Å². The molecule has 3 nitrogen and oxygen atoms in total. The number of hydrogen-bond donors (Lipinski definition) is 1. The van der Waals surface area contributed by atoms with Crippen molar-refractivity contribution in [2.24, 2.45) is 0 Å². The van der Waals surface area contributed by atoms with Gasteiger partial charge in [0.15, 0.2) is 5.60 Å². The summed E-state index contributed by atoms with van der Waals surface area (Å²) in [6, 6.07) is 0. The third-order valence-corrected chi connectivity index (χ3v) is 5.36. The first kappa shape index (κ1) is 13.7. The molecule has 1 aliphatic heterocycles. The van der Waals surface area contributed by atoms with E-state index in [-0.39, 0.29) is 0 Å². The van der Waals surface area contributed by atoms with Gasteiger partial charge >= 0.3 is 5.97 Å². The highest BCUT2D eigenvalue weighted by molar-refractivity contribution is 6.83. The van der Waals surface area contributed by atoms with Crippen LogP contribution in [0.3, 0.4) is 0 Å². The Balaban J connectivity index is 3.02. The molecule has 0 aliphatic carbocycles. The molecular formula is C11H19ClO3Si. The SMILES string of the molecule is C[Si](C)(C)C1=CCOC1(CCCCl)C(=O)O.